The summed E-state index contributed by atoms with van der Waals surface area (Å²) in [5, 5.41) is 3.69. The van der Waals surface area contributed by atoms with Crippen molar-refractivity contribution >= 4 is 0 Å². The topological polar surface area (TPSA) is 12.0 Å². The largest absolute Gasteiger partial charge is 0.316 e. The summed E-state index contributed by atoms with van der Waals surface area (Å²) in [4.78, 5) is 0. The number of rotatable bonds is 6. The summed E-state index contributed by atoms with van der Waals surface area (Å²) < 4.78 is 0. The van der Waals surface area contributed by atoms with Crippen molar-refractivity contribution < 1.29 is 0 Å². The number of nitrogens with one attached hydrogen (secondary N) is 1. The molecule has 0 heterocycles. The Labute approximate surface area is 131 Å². The summed E-state index contributed by atoms with van der Waals surface area (Å²) in [5.74, 6) is 0.789. The maximum absolute atomic E-state index is 3.69. The lowest BCUT2D eigenvalue weighted by atomic mass is 9.70. The average Bonchev–Trinajstić information content (AvgIpc) is 2.87. The number of hydrogen-bond acceptors (Lipinski definition) is 1. The van der Waals surface area contributed by atoms with Crippen LogP contribution in [0.25, 0.3) is 0 Å². The first-order valence-electron chi connectivity index (χ1n) is 8.71. The molecule has 118 valence electrons. The fourth-order valence-electron chi connectivity index (χ4n) is 4.59. The second-order valence-corrected chi connectivity index (χ2v) is 7.58. The molecule has 1 unspecified atom stereocenters. The standard InChI is InChI=1S/C20H33N/c1-15(2)14-20(11-6-7-12-20)19(21-5)13-18-16(3)9-8-10-17(18)4/h8-10,15,19,21H,6-7,11-14H2,1-5H3. The van der Waals surface area contributed by atoms with E-state index in [9.17, 15) is 0 Å². The molecule has 0 spiro atoms. The van der Waals surface area contributed by atoms with E-state index in [1.807, 2.05) is 0 Å². The van der Waals surface area contributed by atoms with Gasteiger partial charge in [-0.3, -0.25) is 0 Å². The molecular weight excluding hydrogens is 254 g/mol. The van der Waals surface area contributed by atoms with E-state index in [1.165, 1.54) is 49.7 Å². The normalized spacial score (nSPS) is 19.1. The van der Waals surface area contributed by atoms with Gasteiger partial charge in [0.25, 0.3) is 0 Å². The Hall–Kier alpha value is -0.820. The molecule has 1 fully saturated rings. The van der Waals surface area contributed by atoms with E-state index < -0.39 is 0 Å². The van der Waals surface area contributed by atoms with Gasteiger partial charge in [0, 0.05) is 6.04 Å². The number of likely N-dealkylation sites (N-methyl/N-ethyl adjacent to an activating group) is 1. The molecular formula is C20H33N. The monoisotopic (exact) mass is 287 g/mol. The molecule has 1 aromatic rings. The summed E-state index contributed by atoms with van der Waals surface area (Å²) in [7, 11) is 2.17. The van der Waals surface area contributed by atoms with Crippen LogP contribution in [0.1, 0.15) is 62.6 Å². The van der Waals surface area contributed by atoms with E-state index in [-0.39, 0.29) is 0 Å². The predicted octanol–water partition coefficient (Wildman–Crippen LogP) is 5.04. The summed E-state index contributed by atoms with van der Waals surface area (Å²) in [6.45, 7) is 9.29. The van der Waals surface area contributed by atoms with Crippen LogP contribution in [0.4, 0.5) is 0 Å². The van der Waals surface area contributed by atoms with E-state index in [0.717, 1.165) is 5.92 Å². The predicted molar refractivity (Wildman–Crippen MR) is 92.8 cm³/mol. The van der Waals surface area contributed by atoms with Crippen LogP contribution in [-0.4, -0.2) is 13.1 Å². The molecule has 0 aromatic heterocycles. The minimum Gasteiger partial charge on any atom is -0.316 e. The summed E-state index contributed by atoms with van der Waals surface area (Å²) in [6, 6.07) is 7.32. The van der Waals surface area contributed by atoms with Crippen LogP contribution in [0.15, 0.2) is 18.2 Å². The van der Waals surface area contributed by atoms with Gasteiger partial charge in [-0.15, -0.1) is 0 Å². The van der Waals surface area contributed by atoms with Crippen molar-refractivity contribution in [1.82, 2.24) is 5.32 Å². The van der Waals surface area contributed by atoms with Gasteiger partial charge < -0.3 is 5.32 Å². The van der Waals surface area contributed by atoms with E-state index in [2.05, 4.69) is 58.3 Å². The van der Waals surface area contributed by atoms with E-state index in [4.69, 9.17) is 0 Å². The number of benzene rings is 1. The van der Waals surface area contributed by atoms with E-state index in [1.54, 1.807) is 5.56 Å². The van der Waals surface area contributed by atoms with Crippen LogP contribution < -0.4 is 5.32 Å². The zero-order valence-corrected chi connectivity index (χ0v) is 14.6. The molecule has 1 saturated carbocycles. The Morgan fingerprint density at radius 2 is 1.67 bits per heavy atom. The summed E-state index contributed by atoms with van der Waals surface area (Å²) >= 11 is 0. The third-order valence-corrected chi connectivity index (χ3v) is 5.55. The first-order chi connectivity index (χ1) is 9.98. The average molecular weight is 287 g/mol. The van der Waals surface area contributed by atoms with Crippen molar-refractivity contribution in [3.05, 3.63) is 34.9 Å². The zero-order chi connectivity index (χ0) is 15.5. The van der Waals surface area contributed by atoms with Crippen molar-refractivity contribution in [1.29, 1.82) is 0 Å². The first kappa shape index (κ1) is 16.5. The minimum atomic E-state index is 0.512. The van der Waals surface area contributed by atoms with Crippen LogP contribution in [0.5, 0.6) is 0 Å². The highest BCUT2D eigenvalue weighted by atomic mass is 14.9. The van der Waals surface area contributed by atoms with Crippen molar-refractivity contribution in [2.24, 2.45) is 11.3 Å². The van der Waals surface area contributed by atoms with E-state index in [0.29, 0.717) is 11.5 Å². The molecule has 2 rings (SSSR count). The molecule has 1 nitrogen and oxygen atoms in total. The Morgan fingerprint density at radius 1 is 1.10 bits per heavy atom. The van der Waals surface area contributed by atoms with Crippen LogP contribution in [-0.2, 0) is 6.42 Å². The van der Waals surface area contributed by atoms with Gasteiger partial charge in [-0.25, -0.2) is 0 Å². The molecule has 1 heteroatoms. The van der Waals surface area contributed by atoms with Crippen LogP contribution >= 0.6 is 0 Å². The Bertz CT molecular complexity index is 435. The van der Waals surface area contributed by atoms with Crippen molar-refractivity contribution in [3.8, 4) is 0 Å². The highest BCUT2D eigenvalue weighted by molar-refractivity contribution is 5.34. The smallest absolute Gasteiger partial charge is 0.0161 e. The molecule has 1 aromatic carbocycles. The highest BCUT2D eigenvalue weighted by Crippen LogP contribution is 2.46. The maximum Gasteiger partial charge on any atom is 0.0161 e. The number of hydrogen-bond donors (Lipinski definition) is 1. The SMILES string of the molecule is CNC(Cc1c(C)cccc1C)C1(CC(C)C)CCCC1. The van der Waals surface area contributed by atoms with Crippen molar-refractivity contribution in [2.45, 2.75) is 72.3 Å². The Morgan fingerprint density at radius 3 is 2.14 bits per heavy atom. The van der Waals surface area contributed by atoms with Gasteiger partial charge in [0.15, 0.2) is 0 Å². The third kappa shape index (κ3) is 3.69. The lowest BCUT2D eigenvalue weighted by Gasteiger charge is -2.40. The van der Waals surface area contributed by atoms with Gasteiger partial charge >= 0.3 is 0 Å². The number of aryl methyl sites for hydroxylation is 2. The molecule has 1 aliphatic rings. The van der Waals surface area contributed by atoms with E-state index >= 15 is 0 Å². The van der Waals surface area contributed by atoms with Gasteiger partial charge in [-0.1, -0.05) is 44.9 Å². The lowest BCUT2D eigenvalue weighted by molar-refractivity contribution is 0.160. The van der Waals surface area contributed by atoms with Gasteiger partial charge in [-0.05, 0) is 74.6 Å². The van der Waals surface area contributed by atoms with Gasteiger partial charge in [0.2, 0.25) is 0 Å². The molecule has 0 aliphatic heterocycles. The lowest BCUT2D eigenvalue weighted by Crippen LogP contribution is -2.44. The van der Waals surface area contributed by atoms with Crippen molar-refractivity contribution in [3.63, 3.8) is 0 Å². The molecule has 1 atom stereocenters. The minimum absolute atomic E-state index is 0.512. The quantitative estimate of drug-likeness (QED) is 0.773. The summed E-state index contributed by atoms with van der Waals surface area (Å²) in [5.41, 5.74) is 4.98. The Balaban J connectivity index is 2.25. The molecule has 21 heavy (non-hydrogen) atoms. The van der Waals surface area contributed by atoms with Gasteiger partial charge in [-0.2, -0.15) is 0 Å². The molecule has 0 saturated heterocycles. The highest BCUT2D eigenvalue weighted by Gasteiger charge is 2.40. The fourth-order valence-corrected chi connectivity index (χ4v) is 4.59. The zero-order valence-electron chi connectivity index (χ0n) is 14.6. The maximum atomic E-state index is 3.69. The van der Waals surface area contributed by atoms with Crippen LogP contribution in [0, 0.1) is 25.2 Å². The molecule has 1 aliphatic carbocycles. The fraction of sp³-hybridized carbons (Fsp3) is 0.700. The van der Waals surface area contributed by atoms with Crippen molar-refractivity contribution in [2.75, 3.05) is 7.05 Å². The molecule has 0 amide bonds. The van der Waals surface area contributed by atoms with Crippen LogP contribution in [0.3, 0.4) is 0 Å². The molecule has 0 bridgehead atoms. The molecule has 0 radical (unpaired) electrons. The second kappa shape index (κ2) is 6.96. The second-order valence-electron chi connectivity index (χ2n) is 7.58. The van der Waals surface area contributed by atoms with Gasteiger partial charge in [0.05, 0.1) is 0 Å². The third-order valence-electron chi connectivity index (χ3n) is 5.55. The van der Waals surface area contributed by atoms with Crippen LogP contribution in [0.2, 0.25) is 0 Å². The van der Waals surface area contributed by atoms with Gasteiger partial charge in [0.1, 0.15) is 0 Å². The summed E-state index contributed by atoms with van der Waals surface area (Å²) in [6.07, 6.45) is 8.18. The molecule has 1 N–H and O–H groups in total. The first-order valence-corrected chi connectivity index (χ1v) is 8.71. The Kier molecular flexibility index (Phi) is 5.48.